The number of aryl methyl sites for hydroxylation is 1. The fourth-order valence-electron chi connectivity index (χ4n) is 2.19. The van der Waals surface area contributed by atoms with Crippen molar-refractivity contribution in [3.8, 4) is 0 Å². The van der Waals surface area contributed by atoms with E-state index >= 15 is 0 Å². The van der Waals surface area contributed by atoms with Crippen molar-refractivity contribution in [3.63, 3.8) is 0 Å². The minimum absolute atomic E-state index is 0.146. The van der Waals surface area contributed by atoms with Gasteiger partial charge in [0.15, 0.2) is 5.82 Å². The Morgan fingerprint density at radius 2 is 2.21 bits per heavy atom. The number of hydrogen-bond donors (Lipinski definition) is 3. The summed E-state index contributed by atoms with van der Waals surface area (Å²) in [6, 6.07) is 0.169. The molecule has 7 nitrogen and oxygen atoms in total. The first kappa shape index (κ1) is 13.5. The lowest BCUT2D eigenvalue weighted by Gasteiger charge is -2.18. The van der Waals surface area contributed by atoms with Crippen molar-refractivity contribution in [3.05, 3.63) is 6.20 Å². The smallest absolute Gasteiger partial charge is 0.222 e. The largest absolute Gasteiger partial charge is 0.396 e. The zero-order valence-electron chi connectivity index (χ0n) is 11.3. The number of nitrogens with one attached hydrogen (secondary N) is 1. The fourth-order valence-corrected chi connectivity index (χ4v) is 2.19. The Morgan fingerprint density at radius 3 is 2.89 bits per heavy atom. The van der Waals surface area contributed by atoms with Gasteiger partial charge in [-0.1, -0.05) is 13.3 Å². The van der Waals surface area contributed by atoms with Crippen molar-refractivity contribution in [2.45, 2.75) is 32.2 Å². The van der Waals surface area contributed by atoms with E-state index in [1.807, 2.05) is 7.05 Å². The number of aromatic nitrogens is 4. The minimum atomic E-state index is 0.146. The first-order valence-corrected chi connectivity index (χ1v) is 6.48. The summed E-state index contributed by atoms with van der Waals surface area (Å²) in [6.45, 7) is 2.26. The number of nitrogen functional groups attached to an aromatic ring is 1. The van der Waals surface area contributed by atoms with Crippen LogP contribution in [-0.4, -0.2) is 37.5 Å². The van der Waals surface area contributed by atoms with E-state index in [1.54, 1.807) is 10.9 Å². The molecule has 104 valence electrons. The van der Waals surface area contributed by atoms with Crippen molar-refractivity contribution in [1.82, 2.24) is 19.7 Å². The SMILES string of the molecule is CCC[C@@H](CCO)Nc1nc(N)nc2cnn(C)c12. The third-order valence-electron chi connectivity index (χ3n) is 3.06. The van der Waals surface area contributed by atoms with Crippen molar-refractivity contribution in [2.24, 2.45) is 7.05 Å². The first-order valence-electron chi connectivity index (χ1n) is 6.48. The first-order chi connectivity index (χ1) is 9.15. The highest BCUT2D eigenvalue weighted by atomic mass is 16.3. The molecular weight excluding hydrogens is 244 g/mol. The van der Waals surface area contributed by atoms with Crippen LogP contribution in [0.3, 0.4) is 0 Å². The van der Waals surface area contributed by atoms with E-state index < -0.39 is 0 Å². The second-order valence-electron chi connectivity index (χ2n) is 4.57. The summed E-state index contributed by atoms with van der Waals surface area (Å²) < 4.78 is 1.72. The summed E-state index contributed by atoms with van der Waals surface area (Å²) in [5.74, 6) is 0.900. The third-order valence-corrected chi connectivity index (χ3v) is 3.06. The third kappa shape index (κ3) is 2.93. The van der Waals surface area contributed by atoms with Gasteiger partial charge in [-0.05, 0) is 12.8 Å². The number of aliphatic hydroxyl groups is 1. The highest BCUT2D eigenvalue weighted by Gasteiger charge is 2.14. The average molecular weight is 264 g/mol. The van der Waals surface area contributed by atoms with Crippen molar-refractivity contribution in [2.75, 3.05) is 17.7 Å². The van der Waals surface area contributed by atoms with E-state index in [-0.39, 0.29) is 18.6 Å². The van der Waals surface area contributed by atoms with Gasteiger partial charge in [0, 0.05) is 19.7 Å². The molecule has 0 saturated heterocycles. The normalized spacial score (nSPS) is 12.8. The summed E-state index contributed by atoms with van der Waals surface area (Å²) in [5.41, 5.74) is 7.26. The minimum Gasteiger partial charge on any atom is -0.396 e. The van der Waals surface area contributed by atoms with Gasteiger partial charge in [0.2, 0.25) is 5.95 Å². The summed E-state index contributed by atoms with van der Waals surface area (Å²) in [4.78, 5) is 8.40. The molecular formula is C12H20N6O. The second kappa shape index (κ2) is 5.83. The second-order valence-corrected chi connectivity index (χ2v) is 4.57. The van der Waals surface area contributed by atoms with Crippen LogP contribution in [0.15, 0.2) is 6.20 Å². The Bertz CT molecular complexity index is 546. The van der Waals surface area contributed by atoms with Crippen LogP contribution in [0.2, 0.25) is 0 Å². The van der Waals surface area contributed by atoms with Crippen LogP contribution in [0.4, 0.5) is 11.8 Å². The number of fused-ring (bicyclic) bond motifs is 1. The Kier molecular flexibility index (Phi) is 4.16. The molecule has 0 aromatic carbocycles. The molecule has 7 heteroatoms. The molecule has 0 saturated carbocycles. The van der Waals surface area contributed by atoms with Crippen LogP contribution in [0.1, 0.15) is 26.2 Å². The Labute approximate surface area is 111 Å². The van der Waals surface area contributed by atoms with Crippen LogP contribution in [0.5, 0.6) is 0 Å². The van der Waals surface area contributed by atoms with E-state index in [0.29, 0.717) is 12.2 Å². The van der Waals surface area contributed by atoms with Crippen LogP contribution in [0, 0.1) is 0 Å². The molecule has 2 aromatic heterocycles. The molecule has 0 aliphatic heterocycles. The Hall–Kier alpha value is -1.89. The number of nitrogens with two attached hydrogens (primary N) is 1. The maximum Gasteiger partial charge on any atom is 0.222 e. The van der Waals surface area contributed by atoms with Crippen LogP contribution < -0.4 is 11.1 Å². The molecule has 0 amide bonds. The van der Waals surface area contributed by atoms with Gasteiger partial charge in [-0.25, -0.2) is 4.98 Å². The van der Waals surface area contributed by atoms with Gasteiger partial charge in [0.25, 0.3) is 0 Å². The molecule has 0 fully saturated rings. The number of hydrogen-bond acceptors (Lipinski definition) is 6. The lowest BCUT2D eigenvalue weighted by Crippen LogP contribution is -2.22. The van der Waals surface area contributed by atoms with Crippen molar-refractivity contribution in [1.29, 1.82) is 0 Å². The molecule has 0 spiro atoms. The lowest BCUT2D eigenvalue weighted by atomic mass is 10.1. The number of nitrogens with zero attached hydrogens (tertiary/aromatic N) is 4. The zero-order chi connectivity index (χ0) is 13.8. The summed E-state index contributed by atoms with van der Waals surface area (Å²) in [6.07, 6.45) is 4.34. The van der Waals surface area contributed by atoms with Crippen LogP contribution >= 0.6 is 0 Å². The summed E-state index contributed by atoms with van der Waals surface area (Å²) >= 11 is 0. The lowest BCUT2D eigenvalue weighted by molar-refractivity contribution is 0.276. The van der Waals surface area contributed by atoms with E-state index in [0.717, 1.165) is 23.9 Å². The Morgan fingerprint density at radius 1 is 1.42 bits per heavy atom. The molecule has 0 aliphatic carbocycles. The maximum absolute atomic E-state index is 9.11. The van der Waals surface area contributed by atoms with Crippen molar-refractivity contribution >= 4 is 22.8 Å². The molecule has 4 N–H and O–H groups in total. The molecule has 0 unspecified atom stereocenters. The molecule has 19 heavy (non-hydrogen) atoms. The van der Waals surface area contributed by atoms with Gasteiger partial charge in [-0.15, -0.1) is 0 Å². The van der Waals surface area contributed by atoms with Gasteiger partial charge >= 0.3 is 0 Å². The number of anilines is 2. The van der Waals surface area contributed by atoms with Gasteiger partial charge in [-0.3, -0.25) is 4.68 Å². The van der Waals surface area contributed by atoms with E-state index in [2.05, 4.69) is 27.3 Å². The Balaban J connectivity index is 2.34. The zero-order valence-corrected chi connectivity index (χ0v) is 11.3. The van der Waals surface area contributed by atoms with Gasteiger partial charge in [0.05, 0.1) is 6.20 Å². The predicted octanol–water partition coefficient (Wildman–Crippen LogP) is 0.908. The summed E-state index contributed by atoms with van der Waals surface area (Å²) in [7, 11) is 1.84. The molecule has 0 aliphatic rings. The highest BCUT2D eigenvalue weighted by Crippen LogP contribution is 2.22. The maximum atomic E-state index is 9.11. The average Bonchev–Trinajstić information content (AvgIpc) is 2.71. The quantitative estimate of drug-likeness (QED) is 0.716. The topological polar surface area (TPSA) is 102 Å². The van der Waals surface area contributed by atoms with E-state index in [1.165, 1.54) is 0 Å². The molecule has 2 heterocycles. The molecule has 0 radical (unpaired) electrons. The number of aliphatic hydroxyl groups excluding tert-OH is 1. The predicted molar refractivity (Wildman–Crippen MR) is 74.7 cm³/mol. The molecule has 0 bridgehead atoms. The monoisotopic (exact) mass is 264 g/mol. The molecule has 2 aromatic rings. The molecule has 2 rings (SSSR count). The van der Waals surface area contributed by atoms with Gasteiger partial charge in [0.1, 0.15) is 11.0 Å². The van der Waals surface area contributed by atoms with E-state index in [4.69, 9.17) is 10.8 Å². The van der Waals surface area contributed by atoms with E-state index in [9.17, 15) is 0 Å². The molecule has 1 atom stereocenters. The highest BCUT2D eigenvalue weighted by molar-refractivity contribution is 5.86. The van der Waals surface area contributed by atoms with Crippen LogP contribution in [0.25, 0.3) is 11.0 Å². The summed E-state index contributed by atoms with van der Waals surface area (Å²) in [5, 5.41) is 16.6. The van der Waals surface area contributed by atoms with Gasteiger partial charge in [-0.2, -0.15) is 10.1 Å². The number of rotatable bonds is 6. The van der Waals surface area contributed by atoms with Crippen molar-refractivity contribution < 1.29 is 5.11 Å². The van der Waals surface area contributed by atoms with Gasteiger partial charge < -0.3 is 16.2 Å². The fraction of sp³-hybridized carbons (Fsp3) is 0.583. The van der Waals surface area contributed by atoms with Crippen LogP contribution in [-0.2, 0) is 7.05 Å². The standard InChI is InChI=1S/C12H20N6O/c1-3-4-8(5-6-19)15-11-10-9(7-14-18(10)2)16-12(13)17-11/h7-8,19H,3-6H2,1-2H3,(H3,13,15,16,17)/t8-/m0/s1.